The maximum atomic E-state index is 11.2. The van der Waals surface area contributed by atoms with Crippen LogP contribution in [0.5, 0.6) is 0 Å². The summed E-state index contributed by atoms with van der Waals surface area (Å²) in [5.41, 5.74) is -0.257. The van der Waals surface area contributed by atoms with Gasteiger partial charge in [0.1, 0.15) is 0 Å². The van der Waals surface area contributed by atoms with Crippen molar-refractivity contribution in [1.29, 1.82) is 0 Å². The molecule has 0 spiro atoms. The van der Waals surface area contributed by atoms with Crippen molar-refractivity contribution in [3.8, 4) is 0 Å². The van der Waals surface area contributed by atoms with Crippen LogP contribution in [0.25, 0.3) is 0 Å². The lowest BCUT2D eigenvalue weighted by Gasteiger charge is -1.98. The smallest absolute Gasteiger partial charge is 0.330 e. The summed E-state index contributed by atoms with van der Waals surface area (Å²) in [6.07, 6.45) is 3.77. The summed E-state index contributed by atoms with van der Waals surface area (Å²) in [5, 5.41) is 8.92. The first kappa shape index (κ1) is 12.7. The van der Waals surface area contributed by atoms with Gasteiger partial charge >= 0.3 is 11.9 Å². The molecule has 4 nitrogen and oxygen atoms in total. The van der Waals surface area contributed by atoms with E-state index < -0.39 is 11.9 Å². The summed E-state index contributed by atoms with van der Waals surface area (Å²) in [4.78, 5) is 22.0. The summed E-state index contributed by atoms with van der Waals surface area (Å²) in [5.74, 6) is -1.66. The van der Waals surface area contributed by atoms with E-state index in [1.54, 1.807) is 6.08 Å². The maximum absolute atomic E-state index is 11.2. The van der Waals surface area contributed by atoms with Crippen molar-refractivity contribution < 1.29 is 19.4 Å². The molecule has 0 aromatic carbocycles. The van der Waals surface area contributed by atoms with Gasteiger partial charge < -0.3 is 9.84 Å². The Hall–Kier alpha value is -1.32. The molecule has 0 heterocycles. The number of hydrogen-bond donors (Lipinski definition) is 1. The predicted octanol–water partition coefficient (Wildman–Crippen LogP) is 1.85. The second-order valence-corrected chi connectivity index (χ2v) is 4.69. The molecule has 4 heteroatoms. The summed E-state index contributed by atoms with van der Waals surface area (Å²) in [6, 6.07) is 0. The summed E-state index contributed by atoms with van der Waals surface area (Å²) >= 11 is 0. The van der Waals surface area contributed by atoms with Crippen LogP contribution in [0.4, 0.5) is 0 Å². The Kier molecular flexibility index (Phi) is 3.73. The minimum atomic E-state index is -0.804. The molecule has 0 saturated heterocycles. The third-order valence-corrected chi connectivity index (χ3v) is 3.06. The van der Waals surface area contributed by atoms with Crippen LogP contribution in [0.2, 0.25) is 0 Å². The molecular weight excluding hydrogens is 208 g/mol. The van der Waals surface area contributed by atoms with Gasteiger partial charge in [-0.15, -0.1) is 0 Å². The zero-order valence-electron chi connectivity index (χ0n) is 9.90. The van der Waals surface area contributed by atoms with Crippen LogP contribution in [0.3, 0.4) is 0 Å². The fraction of sp³-hybridized carbons (Fsp3) is 0.667. The second kappa shape index (κ2) is 4.68. The molecule has 16 heavy (non-hydrogen) atoms. The Morgan fingerprint density at radius 2 is 2.06 bits per heavy atom. The molecule has 1 saturated carbocycles. The maximum Gasteiger partial charge on any atom is 0.330 e. The summed E-state index contributed by atoms with van der Waals surface area (Å²) in [6.45, 7) is 6.09. The van der Waals surface area contributed by atoms with Crippen LogP contribution in [-0.2, 0) is 14.3 Å². The van der Waals surface area contributed by atoms with Crippen molar-refractivity contribution in [3.05, 3.63) is 12.2 Å². The molecule has 0 aromatic rings. The Morgan fingerprint density at radius 1 is 1.44 bits per heavy atom. The Bertz CT molecular complexity index is 317. The Labute approximate surface area is 95.3 Å². The fourth-order valence-electron chi connectivity index (χ4n) is 1.94. The van der Waals surface area contributed by atoms with Crippen molar-refractivity contribution in [2.45, 2.75) is 27.2 Å². The summed E-state index contributed by atoms with van der Waals surface area (Å²) in [7, 11) is 0. The van der Waals surface area contributed by atoms with Gasteiger partial charge in [0.15, 0.2) is 0 Å². The highest BCUT2D eigenvalue weighted by molar-refractivity contribution is 5.83. The van der Waals surface area contributed by atoms with Crippen molar-refractivity contribution in [1.82, 2.24) is 0 Å². The average Bonchev–Trinajstić information content (AvgIpc) is 2.74. The van der Waals surface area contributed by atoms with Gasteiger partial charge in [-0.3, -0.25) is 4.79 Å². The van der Waals surface area contributed by atoms with E-state index in [-0.39, 0.29) is 17.3 Å². The van der Waals surface area contributed by atoms with Crippen molar-refractivity contribution in [2.24, 2.45) is 17.3 Å². The Morgan fingerprint density at radius 3 is 2.50 bits per heavy atom. The molecule has 0 bridgehead atoms. The number of ether oxygens (including phenoxy) is 1. The number of carboxylic acids is 1. The van der Waals surface area contributed by atoms with E-state index in [0.717, 1.165) is 6.42 Å². The molecule has 1 aliphatic carbocycles. The van der Waals surface area contributed by atoms with Gasteiger partial charge in [0.05, 0.1) is 12.5 Å². The zero-order valence-corrected chi connectivity index (χ0v) is 9.90. The van der Waals surface area contributed by atoms with Gasteiger partial charge in [0, 0.05) is 6.08 Å². The molecule has 0 radical (unpaired) electrons. The SMILES string of the molecule is CCCOC(=O)/C=C/C1C(C(=O)O)C1(C)C. The van der Waals surface area contributed by atoms with Crippen molar-refractivity contribution in [3.63, 3.8) is 0 Å². The van der Waals surface area contributed by atoms with E-state index in [1.165, 1.54) is 6.08 Å². The number of carboxylic acid groups (broad SMARTS) is 1. The van der Waals surface area contributed by atoms with Crippen LogP contribution in [-0.4, -0.2) is 23.7 Å². The minimum absolute atomic E-state index is 0.0702. The largest absolute Gasteiger partial charge is 0.481 e. The van der Waals surface area contributed by atoms with E-state index in [0.29, 0.717) is 6.61 Å². The Balaban J connectivity index is 2.47. The zero-order chi connectivity index (χ0) is 12.3. The molecule has 0 amide bonds. The highest BCUT2D eigenvalue weighted by Gasteiger charge is 2.60. The molecule has 1 N–H and O–H groups in total. The lowest BCUT2D eigenvalue weighted by molar-refractivity contribution is -0.140. The molecule has 1 aliphatic rings. The molecular formula is C12H18O4. The molecule has 1 fully saturated rings. The van der Waals surface area contributed by atoms with Gasteiger partial charge in [0.2, 0.25) is 0 Å². The van der Waals surface area contributed by atoms with Gasteiger partial charge in [-0.2, -0.15) is 0 Å². The molecule has 0 aliphatic heterocycles. The number of allylic oxidation sites excluding steroid dienone is 1. The number of carbonyl (C=O) groups is 2. The van der Waals surface area contributed by atoms with Crippen LogP contribution in [0.1, 0.15) is 27.2 Å². The number of rotatable bonds is 5. The lowest BCUT2D eigenvalue weighted by atomic mass is 10.1. The second-order valence-electron chi connectivity index (χ2n) is 4.69. The molecule has 2 unspecified atom stereocenters. The number of carbonyl (C=O) groups excluding carboxylic acids is 1. The quantitative estimate of drug-likeness (QED) is 0.574. The van der Waals surface area contributed by atoms with Gasteiger partial charge in [-0.05, 0) is 17.8 Å². The topological polar surface area (TPSA) is 63.6 Å². The van der Waals surface area contributed by atoms with Gasteiger partial charge in [-0.25, -0.2) is 4.79 Å². The van der Waals surface area contributed by atoms with Crippen LogP contribution >= 0.6 is 0 Å². The standard InChI is InChI=1S/C12H18O4/c1-4-7-16-9(13)6-5-8-10(11(14)15)12(8,2)3/h5-6,8,10H,4,7H2,1-3H3,(H,14,15)/b6-5+. The molecule has 90 valence electrons. The minimum Gasteiger partial charge on any atom is -0.481 e. The monoisotopic (exact) mass is 226 g/mol. The van der Waals surface area contributed by atoms with E-state index in [2.05, 4.69) is 0 Å². The van der Waals surface area contributed by atoms with Gasteiger partial charge in [-0.1, -0.05) is 26.8 Å². The van der Waals surface area contributed by atoms with E-state index in [1.807, 2.05) is 20.8 Å². The highest BCUT2D eigenvalue weighted by atomic mass is 16.5. The van der Waals surface area contributed by atoms with Crippen LogP contribution in [0, 0.1) is 17.3 Å². The lowest BCUT2D eigenvalue weighted by Crippen LogP contribution is -2.03. The predicted molar refractivity (Wildman–Crippen MR) is 58.8 cm³/mol. The molecule has 1 rings (SSSR count). The first-order valence-corrected chi connectivity index (χ1v) is 5.49. The third kappa shape index (κ3) is 2.62. The first-order valence-electron chi connectivity index (χ1n) is 5.49. The number of esters is 1. The number of aliphatic carboxylic acids is 1. The molecule has 2 atom stereocenters. The average molecular weight is 226 g/mol. The summed E-state index contributed by atoms with van der Waals surface area (Å²) < 4.78 is 4.86. The van der Waals surface area contributed by atoms with Gasteiger partial charge in [0.25, 0.3) is 0 Å². The normalized spacial score (nSPS) is 26.7. The fourth-order valence-corrected chi connectivity index (χ4v) is 1.94. The van der Waals surface area contributed by atoms with Crippen molar-refractivity contribution >= 4 is 11.9 Å². The van der Waals surface area contributed by atoms with Crippen LogP contribution in [0.15, 0.2) is 12.2 Å². The molecule has 0 aromatic heterocycles. The van der Waals surface area contributed by atoms with E-state index >= 15 is 0 Å². The third-order valence-electron chi connectivity index (χ3n) is 3.06. The van der Waals surface area contributed by atoms with E-state index in [4.69, 9.17) is 9.84 Å². The van der Waals surface area contributed by atoms with Crippen molar-refractivity contribution in [2.75, 3.05) is 6.61 Å². The first-order chi connectivity index (χ1) is 7.41. The highest BCUT2D eigenvalue weighted by Crippen LogP contribution is 2.58. The van der Waals surface area contributed by atoms with Crippen LogP contribution < -0.4 is 0 Å². The van der Waals surface area contributed by atoms with E-state index in [9.17, 15) is 9.59 Å². The number of hydrogen-bond acceptors (Lipinski definition) is 3.